The minimum atomic E-state index is -0.499. The standard InChI is InChI=1S/C18H16N4O3/c1-12-15(14-7-3-4-8-16(14)20-12)11-19-21-18(23)10-13-6-2-5-9-17(13)22(24)25/h2-9,11,20H,10H2,1H3,(H,21,23)/b19-11+. The molecule has 1 heterocycles. The van der Waals surface area contributed by atoms with Gasteiger partial charge in [0.25, 0.3) is 5.69 Å². The Hall–Kier alpha value is -3.48. The molecule has 7 nitrogen and oxygen atoms in total. The van der Waals surface area contributed by atoms with Crippen LogP contribution in [0.5, 0.6) is 0 Å². The molecule has 1 amide bonds. The van der Waals surface area contributed by atoms with Crippen molar-refractivity contribution in [3.63, 3.8) is 0 Å². The van der Waals surface area contributed by atoms with Crippen LogP contribution in [-0.2, 0) is 11.2 Å². The van der Waals surface area contributed by atoms with E-state index >= 15 is 0 Å². The third-order valence-corrected chi connectivity index (χ3v) is 3.87. The van der Waals surface area contributed by atoms with Gasteiger partial charge in [0.15, 0.2) is 0 Å². The number of nitro benzene ring substituents is 1. The Balaban J connectivity index is 1.71. The van der Waals surface area contributed by atoms with E-state index in [0.717, 1.165) is 22.2 Å². The highest BCUT2D eigenvalue weighted by Crippen LogP contribution is 2.20. The van der Waals surface area contributed by atoms with Gasteiger partial charge in [-0.25, -0.2) is 5.43 Å². The van der Waals surface area contributed by atoms with Gasteiger partial charge in [-0.05, 0) is 13.0 Å². The fourth-order valence-electron chi connectivity index (χ4n) is 2.68. The number of nitrogens with one attached hydrogen (secondary N) is 2. The summed E-state index contributed by atoms with van der Waals surface area (Å²) in [4.78, 5) is 25.7. The quantitative estimate of drug-likeness (QED) is 0.425. The molecule has 2 N–H and O–H groups in total. The van der Waals surface area contributed by atoms with Crippen molar-refractivity contribution in [3.8, 4) is 0 Å². The molecule has 3 rings (SSSR count). The first-order valence-electron chi connectivity index (χ1n) is 7.68. The molecule has 0 spiro atoms. The van der Waals surface area contributed by atoms with Crippen LogP contribution in [0.3, 0.4) is 0 Å². The normalized spacial score (nSPS) is 11.1. The molecule has 0 bridgehead atoms. The Morgan fingerprint density at radius 3 is 2.76 bits per heavy atom. The summed E-state index contributed by atoms with van der Waals surface area (Å²) < 4.78 is 0. The monoisotopic (exact) mass is 336 g/mol. The number of para-hydroxylation sites is 2. The molecule has 3 aromatic rings. The largest absolute Gasteiger partial charge is 0.358 e. The van der Waals surface area contributed by atoms with Crippen molar-refractivity contribution >= 4 is 28.7 Å². The SMILES string of the molecule is Cc1[nH]c2ccccc2c1/C=N/NC(=O)Cc1ccccc1[N+](=O)[O-]. The number of amides is 1. The third kappa shape index (κ3) is 3.55. The second-order valence-electron chi connectivity index (χ2n) is 5.57. The predicted octanol–water partition coefficient (Wildman–Crippen LogP) is 3.08. The van der Waals surface area contributed by atoms with E-state index in [9.17, 15) is 14.9 Å². The number of carbonyl (C=O) groups excluding carboxylic acids is 1. The van der Waals surface area contributed by atoms with Crippen molar-refractivity contribution < 1.29 is 9.72 Å². The first-order chi connectivity index (χ1) is 12.1. The molecule has 0 saturated heterocycles. The van der Waals surface area contributed by atoms with Gasteiger partial charge in [0.05, 0.1) is 17.6 Å². The number of carbonyl (C=O) groups is 1. The van der Waals surface area contributed by atoms with Gasteiger partial charge >= 0.3 is 0 Å². The van der Waals surface area contributed by atoms with Crippen LogP contribution in [0.2, 0.25) is 0 Å². The number of nitrogens with zero attached hydrogens (tertiary/aromatic N) is 2. The van der Waals surface area contributed by atoms with Crippen LogP contribution in [0.15, 0.2) is 53.6 Å². The maximum absolute atomic E-state index is 12.0. The molecule has 0 saturated carbocycles. The highest BCUT2D eigenvalue weighted by molar-refractivity contribution is 6.00. The number of aromatic nitrogens is 1. The topological polar surface area (TPSA) is 100 Å². The molecule has 0 unspecified atom stereocenters. The molecule has 0 aliphatic carbocycles. The second-order valence-corrected chi connectivity index (χ2v) is 5.57. The molecule has 0 atom stereocenters. The summed E-state index contributed by atoms with van der Waals surface area (Å²) in [6.45, 7) is 1.93. The summed E-state index contributed by atoms with van der Waals surface area (Å²) in [5.41, 5.74) is 5.52. The fourth-order valence-corrected chi connectivity index (χ4v) is 2.68. The number of aryl methyl sites for hydroxylation is 1. The van der Waals surface area contributed by atoms with E-state index in [1.807, 2.05) is 31.2 Å². The number of rotatable bonds is 5. The van der Waals surface area contributed by atoms with Crippen LogP contribution in [0.4, 0.5) is 5.69 Å². The lowest BCUT2D eigenvalue weighted by Gasteiger charge is -2.02. The van der Waals surface area contributed by atoms with Crippen molar-refractivity contribution in [3.05, 3.63) is 75.5 Å². The molecule has 2 aromatic carbocycles. The van der Waals surface area contributed by atoms with Crippen LogP contribution in [0.25, 0.3) is 10.9 Å². The number of fused-ring (bicyclic) bond motifs is 1. The second kappa shape index (κ2) is 6.96. The van der Waals surface area contributed by atoms with E-state index in [-0.39, 0.29) is 12.1 Å². The highest BCUT2D eigenvalue weighted by Gasteiger charge is 2.15. The molecule has 25 heavy (non-hydrogen) atoms. The Labute approximate surface area is 143 Å². The lowest BCUT2D eigenvalue weighted by molar-refractivity contribution is -0.385. The predicted molar refractivity (Wildman–Crippen MR) is 95.6 cm³/mol. The first-order valence-corrected chi connectivity index (χ1v) is 7.68. The van der Waals surface area contributed by atoms with Gasteiger partial charge in [-0.15, -0.1) is 0 Å². The number of aromatic amines is 1. The Morgan fingerprint density at radius 1 is 1.24 bits per heavy atom. The van der Waals surface area contributed by atoms with Crippen LogP contribution in [0, 0.1) is 17.0 Å². The summed E-state index contributed by atoms with van der Waals surface area (Å²) in [5, 5.41) is 16.0. The number of hydrogen-bond donors (Lipinski definition) is 2. The van der Waals surface area contributed by atoms with Crippen LogP contribution in [-0.4, -0.2) is 22.0 Å². The fraction of sp³-hybridized carbons (Fsp3) is 0.111. The van der Waals surface area contributed by atoms with Crippen molar-refractivity contribution in [1.82, 2.24) is 10.4 Å². The van der Waals surface area contributed by atoms with Gasteiger partial charge in [0, 0.05) is 33.8 Å². The van der Waals surface area contributed by atoms with Gasteiger partial charge in [-0.2, -0.15) is 5.10 Å². The zero-order chi connectivity index (χ0) is 17.8. The smallest absolute Gasteiger partial charge is 0.273 e. The van der Waals surface area contributed by atoms with Crippen LogP contribution < -0.4 is 5.43 Å². The van der Waals surface area contributed by atoms with Crippen molar-refractivity contribution in [2.75, 3.05) is 0 Å². The van der Waals surface area contributed by atoms with E-state index in [1.165, 1.54) is 6.07 Å². The van der Waals surface area contributed by atoms with Crippen LogP contribution in [0.1, 0.15) is 16.8 Å². The van der Waals surface area contributed by atoms with Crippen molar-refractivity contribution in [2.45, 2.75) is 13.3 Å². The number of H-pyrrole nitrogens is 1. The summed E-state index contributed by atoms with van der Waals surface area (Å²) in [6, 6.07) is 14.0. The molecular formula is C18H16N4O3. The van der Waals surface area contributed by atoms with Crippen molar-refractivity contribution in [2.24, 2.45) is 5.10 Å². The highest BCUT2D eigenvalue weighted by atomic mass is 16.6. The van der Waals surface area contributed by atoms with E-state index in [0.29, 0.717) is 5.56 Å². The Bertz CT molecular complexity index is 975. The average molecular weight is 336 g/mol. The number of hydrogen-bond acceptors (Lipinski definition) is 4. The minimum Gasteiger partial charge on any atom is -0.358 e. The van der Waals surface area contributed by atoms with Gasteiger partial charge in [-0.3, -0.25) is 14.9 Å². The zero-order valence-electron chi connectivity index (χ0n) is 13.5. The maximum atomic E-state index is 12.0. The molecule has 1 aromatic heterocycles. The summed E-state index contributed by atoms with van der Waals surface area (Å²) in [7, 11) is 0. The van der Waals surface area contributed by atoms with E-state index in [2.05, 4.69) is 15.5 Å². The van der Waals surface area contributed by atoms with E-state index < -0.39 is 10.8 Å². The molecule has 7 heteroatoms. The summed E-state index contributed by atoms with van der Waals surface area (Å²) >= 11 is 0. The summed E-state index contributed by atoms with van der Waals surface area (Å²) in [6.07, 6.45) is 1.47. The molecule has 0 aliphatic rings. The number of benzene rings is 2. The van der Waals surface area contributed by atoms with Gasteiger partial charge < -0.3 is 4.98 Å². The van der Waals surface area contributed by atoms with Crippen molar-refractivity contribution in [1.29, 1.82) is 0 Å². The lowest BCUT2D eigenvalue weighted by atomic mass is 10.1. The van der Waals surface area contributed by atoms with E-state index in [4.69, 9.17) is 0 Å². The Kier molecular flexibility index (Phi) is 4.56. The van der Waals surface area contributed by atoms with Gasteiger partial charge in [-0.1, -0.05) is 36.4 Å². The minimum absolute atomic E-state index is 0.0749. The molecule has 126 valence electrons. The molecular weight excluding hydrogens is 320 g/mol. The van der Waals surface area contributed by atoms with Gasteiger partial charge in [0.2, 0.25) is 5.91 Å². The first kappa shape index (κ1) is 16.4. The maximum Gasteiger partial charge on any atom is 0.273 e. The zero-order valence-corrected chi connectivity index (χ0v) is 13.5. The van der Waals surface area contributed by atoms with Crippen LogP contribution >= 0.6 is 0 Å². The Morgan fingerprint density at radius 2 is 1.96 bits per heavy atom. The van der Waals surface area contributed by atoms with E-state index in [1.54, 1.807) is 24.4 Å². The molecule has 0 aliphatic heterocycles. The van der Waals surface area contributed by atoms with Gasteiger partial charge in [0.1, 0.15) is 0 Å². The number of nitro groups is 1. The third-order valence-electron chi connectivity index (χ3n) is 3.87. The summed E-state index contributed by atoms with van der Waals surface area (Å²) in [5.74, 6) is -0.414. The molecule has 0 fully saturated rings. The number of hydrazone groups is 1. The molecule has 0 radical (unpaired) electrons. The lowest BCUT2D eigenvalue weighted by Crippen LogP contribution is -2.20. The average Bonchev–Trinajstić information content (AvgIpc) is 2.91.